The van der Waals surface area contributed by atoms with Gasteiger partial charge in [-0.3, -0.25) is 15.2 Å². The first-order valence-electron chi connectivity index (χ1n) is 9.80. The van der Waals surface area contributed by atoms with Gasteiger partial charge >= 0.3 is 0 Å². The summed E-state index contributed by atoms with van der Waals surface area (Å²) in [5.41, 5.74) is 7.96. The number of nitrogens with zero attached hydrogens (tertiary/aromatic N) is 3. The Hall–Kier alpha value is -4.23. The molecule has 1 aliphatic heterocycles. The molecule has 0 unspecified atom stereocenters. The maximum Gasteiger partial charge on any atom is 0.288 e. The number of ether oxygens (including phenoxy) is 3. The van der Waals surface area contributed by atoms with E-state index < -0.39 is 10.8 Å². The molecule has 2 heterocycles. The summed E-state index contributed by atoms with van der Waals surface area (Å²) < 4.78 is 16.6. The van der Waals surface area contributed by atoms with Crippen LogP contribution in [0.4, 0.5) is 5.69 Å². The summed E-state index contributed by atoms with van der Waals surface area (Å²) in [5.74, 6) is 0.330. The molecule has 3 N–H and O–H groups in total. The number of hydrogen-bond donors (Lipinski definition) is 2. The van der Waals surface area contributed by atoms with E-state index >= 15 is 0 Å². The molecule has 0 fully saturated rings. The van der Waals surface area contributed by atoms with Crippen LogP contribution in [0.25, 0.3) is 11.3 Å². The van der Waals surface area contributed by atoms with Gasteiger partial charge in [-0.15, -0.1) is 5.10 Å². The van der Waals surface area contributed by atoms with Gasteiger partial charge in [0.1, 0.15) is 16.7 Å². The number of allylic oxidation sites excluding steroid dienone is 1. The second kappa shape index (κ2) is 8.72. The summed E-state index contributed by atoms with van der Waals surface area (Å²) in [6, 6.07) is 11.7. The van der Waals surface area contributed by atoms with Gasteiger partial charge in [-0.25, -0.2) is 0 Å². The van der Waals surface area contributed by atoms with Crippen molar-refractivity contribution in [3.63, 3.8) is 0 Å². The van der Waals surface area contributed by atoms with Crippen LogP contribution >= 0.6 is 11.6 Å². The Labute approximate surface area is 193 Å². The van der Waals surface area contributed by atoms with Crippen molar-refractivity contribution >= 4 is 17.3 Å². The van der Waals surface area contributed by atoms with Gasteiger partial charge in [-0.1, -0.05) is 17.7 Å². The maximum absolute atomic E-state index is 11.5. The topological polar surface area (TPSA) is 149 Å². The second-order valence-corrected chi connectivity index (χ2v) is 7.42. The Morgan fingerprint density at radius 2 is 2.12 bits per heavy atom. The lowest BCUT2D eigenvalue weighted by Crippen LogP contribution is -2.21. The average Bonchev–Trinajstić information content (AvgIpc) is 3.22. The Bertz CT molecular complexity index is 1330. The number of nitrogens with two attached hydrogens (primary N) is 1. The fourth-order valence-electron chi connectivity index (χ4n) is 3.75. The van der Waals surface area contributed by atoms with Crippen LogP contribution in [-0.4, -0.2) is 28.8 Å². The number of methoxy groups -OCH3 is 1. The van der Waals surface area contributed by atoms with Gasteiger partial charge in [0.2, 0.25) is 11.8 Å². The second-order valence-electron chi connectivity index (χ2n) is 7.01. The molecule has 33 heavy (non-hydrogen) atoms. The minimum absolute atomic E-state index is 0.0184. The molecule has 0 amide bonds. The highest BCUT2D eigenvalue weighted by Crippen LogP contribution is 2.47. The van der Waals surface area contributed by atoms with Crippen LogP contribution in [0.2, 0.25) is 5.02 Å². The molecule has 168 valence electrons. The van der Waals surface area contributed by atoms with Crippen molar-refractivity contribution in [1.82, 2.24) is 10.2 Å². The normalized spacial score (nSPS) is 14.8. The van der Waals surface area contributed by atoms with Gasteiger partial charge in [0.05, 0.1) is 35.8 Å². The van der Waals surface area contributed by atoms with Crippen molar-refractivity contribution < 1.29 is 19.1 Å². The molecule has 0 saturated carbocycles. The molecule has 0 aliphatic carbocycles. The third kappa shape index (κ3) is 3.79. The van der Waals surface area contributed by atoms with Gasteiger partial charge in [0.15, 0.2) is 11.5 Å². The van der Waals surface area contributed by atoms with E-state index in [1.54, 1.807) is 24.3 Å². The summed E-state index contributed by atoms with van der Waals surface area (Å²) in [4.78, 5) is 10.9. The summed E-state index contributed by atoms with van der Waals surface area (Å²) >= 11 is 6.00. The van der Waals surface area contributed by atoms with E-state index in [1.807, 2.05) is 6.92 Å². The van der Waals surface area contributed by atoms with Crippen LogP contribution in [-0.2, 0) is 0 Å². The predicted octanol–water partition coefficient (Wildman–Crippen LogP) is 4.26. The number of nitro groups is 1. The monoisotopic (exact) mass is 467 g/mol. The number of aromatic nitrogens is 2. The van der Waals surface area contributed by atoms with E-state index in [1.165, 1.54) is 19.2 Å². The smallest absolute Gasteiger partial charge is 0.288 e. The highest BCUT2D eigenvalue weighted by atomic mass is 35.5. The van der Waals surface area contributed by atoms with Crippen molar-refractivity contribution in [1.29, 1.82) is 5.26 Å². The minimum Gasteiger partial charge on any atom is -0.493 e. The SMILES string of the molecule is CCOc1ccc(-c2[nH]nc3c2[C@H](c2ccc(Cl)c([N+](=O)[O-])c2)C(C#N)=C(N)O3)cc1OC. The quantitative estimate of drug-likeness (QED) is 0.403. The van der Waals surface area contributed by atoms with Gasteiger partial charge in [0, 0.05) is 11.6 Å². The molecule has 3 aromatic rings. The lowest BCUT2D eigenvalue weighted by molar-refractivity contribution is -0.384. The molecule has 1 aliphatic rings. The number of aromatic amines is 1. The number of nitro benzene ring substituents is 1. The molecule has 0 saturated heterocycles. The molecule has 1 atom stereocenters. The third-order valence-electron chi connectivity index (χ3n) is 5.19. The lowest BCUT2D eigenvalue weighted by Gasteiger charge is -2.24. The number of nitrogens with one attached hydrogen (secondary N) is 1. The van der Waals surface area contributed by atoms with Gasteiger partial charge in [-0.05, 0) is 36.8 Å². The Morgan fingerprint density at radius 1 is 1.33 bits per heavy atom. The van der Waals surface area contributed by atoms with E-state index in [0.717, 1.165) is 0 Å². The number of halogens is 1. The van der Waals surface area contributed by atoms with Crippen molar-refractivity contribution in [3.8, 4) is 34.7 Å². The van der Waals surface area contributed by atoms with E-state index in [9.17, 15) is 15.4 Å². The number of fused-ring (bicyclic) bond motifs is 1. The Morgan fingerprint density at radius 3 is 2.79 bits per heavy atom. The fourth-order valence-corrected chi connectivity index (χ4v) is 3.93. The predicted molar refractivity (Wildman–Crippen MR) is 119 cm³/mol. The summed E-state index contributed by atoms with van der Waals surface area (Å²) in [6.45, 7) is 2.34. The van der Waals surface area contributed by atoms with Crippen LogP contribution in [0.15, 0.2) is 47.9 Å². The molecule has 11 heteroatoms. The molecule has 10 nitrogen and oxygen atoms in total. The number of nitriles is 1. The van der Waals surface area contributed by atoms with Crippen molar-refractivity contribution in [2.75, 3.05) is 13.7 Å². The first kappa shape index (κ1) is 22.0. The van der Waals surface area contributed by atoms with Crippen molar-refractivity contribution in [3.05, 3.63) is 74.1 Å². The molecular weight excluding hydrogens is 450 g/mol. The first-order valence-corrected chi connectivity index (χ1v) is 10.2. The Kier molecular flexibility index (Phi) is 5.81. The van der Waals surface area contributed by atoms with Gasteiger partial charge < -0.3 is 19.9 Å². The Balaban J connectivity index is 1.92. The van der Waals surface area contributed by atoms with E-state index in [4.69, 9.17) is 31.5 Å². The summed E-state index contributed by atoms with van der Waals surface area (Å²) in [7, 11) is 1.53. The van der Waals surface area contributed by atoms with E-state index in [0.29, 0.717) is 40.5 Å². The standard InChI is InChI=1S/C22H18ClN5O5/c1-3-32-16-7-5-12(9-17(16)31-2)20-19-18(11-4-6-14(23)15(8-11)28(29)30)13(10-24)21(25)33-22(19)27-26-20/h4-9,18H,3,25H2,1-2H3,(H,26,27)/t18-/m1/s1. The molecular formula is C22H18ClN5O5. The molecule has 0 spiro atoms. The van der Waals surface area contributed by atoms with E-state index in [-0.39, 0.29) is 28.0 Å². The largest absolute Gasteiger partial charge is 0.493 e. The molecule has 2 aromatic carbocycles. The van der Waals surface area contributed by atoms with Gasteiger partial charge in [0.25, 0.3) is 5.69 Å². The minimum atomic E-state index is -0.777. The van der Waals surface area contributed by atoms with Crippen molar-refractivity contribution in [2.45, 2.75) is 12.8 Å². The highest BCUT2D eigenvalue weighted by molar-refractivity contribution is 6.32. The summed E-state index contributed by atoms with van der Waals surface area (Å²) in [5, 5.41) is 28.4. The number of hydrogen-bond acceptors (Lipinski definition) is 8. The number of H-pyrrole nitrogens is 1. The van der Waals surface area contributed by atoms with Crippen LogP contribution in [0.3, 0.4) is 0 Å². The van der Waals surface area contributed by atoms with E-state index in [2.05, 4.69) is 16.3 Å². The fraction of sp³-hybridized carbons (Fsp3) is 0.182. The third-order valence-corrected chi connectivity index (χ3v) is 5.51. The molecule has 0 bridgehead atoms. The number of rotatable bonds is 6. The van der Waals surface area contributed by atoms with Crippen LogP contribution < -0.4 is 19.9 Å². The summed E-state index contributed by atoms with van der Waals surface area (Å²) in [6.07, 6.45) is 0. The first-order chi connectivity index (χ1) is 15.9. The molecule has 1 aromatic heterocycles. The highest BCUT2D eigenvalue weighted by Gasteiger charge is 2.36. The zero-order valence-electron chi connectivity index (χ0n) is 17.6. The zero-order valence-corrected chi connectivity index (χ0v) is 18.3. The van der Waals surface area contributed by atoms with Crippen LogP contribution in [0.5, 0.6) is 17.4 Å². The van der Waals surface area contributed by atoms with Crippen LogP contribution in [0.1, 0.15) is 24.0 Å². The lowest BCUT2D eigenvalue weighted by atomic mass is 9.83. The van der Waals surface area contributed by atoms with Crippen molar-refractivity contribution in [2.24, 2.45) is 5.73 Å². The molecule has 4 rings (SSSR count). The molecule has 0 radical (unpaired) electrons. The van der Waals surface area contributed by atoms with Crippen LogP contribution in [0, 0.1) is 21.4 Å². The number of benzene rings is 2. The zero-order chi connectivity index (χ0) is 23.7. The maximum atomic E-state index is 11.5. The van der Waals surface area contributed by atoms with Gasteiger partial charge in [-0.2, -0.15) is 5.26 Å². The average molecular weight is 468 g/mol.